The molecule has 6 nitrogen and oxygen atoms in total. The van der Waals surface area contributed by atoms with Crippen molar-refractivity contribution in [3.05, 3.63) is 53.9 Å². The van der Waals surface area contributed by atoms with E-state index in [1.807, 2.05) is 31.0 Å². The largest absolute Gasteiger partial charge is 0.381 e. The van der Waals surface area contributed by atoms with Crippen LogP contribution in [0.15, 0.2) is 47.7 Å². The third kappa shape index (κ3) is 6.09. The Morgan fingerprint density at radius 3 is 2.86 bits per heavy atom. The molecule has 1 N–H and O–H groups in total. The summed E-state index contributed by atoms with van der Waals surface area (Å²) in [5, 5.41) is 7.80. The van der Waals surface area contributed by atoms with Crippen molar-refractivity contribution in [3.8, 4) is 0 Å². The Labute approximate surface area is 168 Å². The average molecular weight is 384 g/mol. The van der Waals surface area contributed by atoms with Crippen molar-refractivity contribution < 1.29 is 4.74 Å². The van der Waals surface area contributed by atoms with E-state index in [9.17, 15) is 0 Å². The molecule has 2 aromatic rings. The SMILES string of the molecule is CN=C(NCCCCOCCc1ccccc1)N1CCC(c2cnn(C)c2)C1. The molecule has 152 valence electrons. The van der Waals surface area contributed by atoms with E-state index in [0.717, 1.165) is 64.5 Å². The Morgan fingerprint density at radius 2 is 2.11 bits per heavy atom. The standard InChI is InChI=1S/C22H33N5O/c1-23-22(27-13-10-20(18-27)21-16-25-26(2)17-21)24-12-6-7-14-28-15-11-19-8-4-3-5-9-19/h3-5,8-9,16-17,20H,6-7,10-15,18H2,1-2H3,(H,23,24). The Hall–Kier alpha value is -2.34. The van der Waals surface area contributed by atoms with E-state index < -0.39 is 0 Å². The van der Waals surface area contributed by atoms with Crippen molar-refractivity contribution >= 4 is 5.96 Å². The van der Waals surface area contributed by atoms with Gasteiger partial charge in [0.15, 0.2) is 5.96 Å². The number of aryl methyl sites for hydroxylation is 1. The fraction of sp³-hybridized carbons (Fsp3) is 0.545. The van der Waals surface area contributed by atoms with Crippen LogP contribution in [0.4, 0.5) is 0 Å². The van der Waals surface area contributed by atoms with Crippen molar-refractivity contribution in [1.82, 2.24) is 20.0 Å². The number of rotatable bonds is 9. The van der Waals surface area contributed by atoms with Gasteiger partial charge in [-0.05, 0) is 36.8 Å². The summed E-state index contributed by atoms with van der Waals surface area (Å²) in [6.45, 7) is 4.60. The van der Waals surface area contributed by atoms with Crippen molar-refractivity contribution in [3.63, 3.8) is 0 Å². The smallest absolute Gasteiger partial charge is 0.193 e. The lowest BCUT2D eigenvalue weighted by atomic mass is 10.0. The maximum atomic E-state index is 5.76. The lowest BCUT2D eigenvalue weighted by molar-refractivity contribution is 0.133. The van der Waals surface area contributed by atoms with Gasteiger partial charge in [-0.3, -0.25) is 9.67 Å². The fourth-order valence-corrected chi connectivity index (χ4v) is 3.67. The Kier molecular flexibility index (Phi) is 7.91. The highest BCUT2D eigenvalue weighted by Crippen LogP contribution is 2.26. The number of ether oxygens (including phenoxy) is 1. The molecule has 3 rings (SSSR count). The minimum atomic E-state index is 0.547. The molecule has 1 aromatic carbocycles. The van der Waals surface area contributed by atoms with E-state index in [2.05, 4.69) is 50.8 Å². The third-order valence-corrected chi connectivity index (χ3v) is 5.27. The lowest BCUT2D eigenvalue weighted by Crippen LogP contribution is -2.40. The van der Waals surface area contributed by atoms with Crippen LogP contribution in [0.25, 0.3) is 0 Å². The predicted molar refractivity (Wildman–Crippen MR) is 114 cm³/mol. The Balaban J connectivity index is 1.26. The summed E-state index contributed by atoms with van der Waals surface area (Å²) in [5.74, 6) is 1.56. The molecule has 0 spiro atoms. The van der Waals surface area contributed by atoms with Crippen LogP contribution in [0.2, 0.25) is 0 Å². The number of aromatic nitrogens is 2. The van der Waals surface area contributed by atoms with E-state index in [-0.39, 0.29) is 0 Å². The van der Waals surface area contributed by atoms with Gasteiger partial charge in [0, 0.05) is 52.5 Å². The molecule has 1 unspecified atom stereocenters. The first kappa shape index (κ1) is 20.4. The van der Waals surface area contributed by atoms with Crippen LogP contribution in [-0.4, -0.2) is 60.5 Å². The van der Waals surface area contributed by atoms with E-state index in [0.29, 0.717) is 5.92 Å². The second-order valence-electron chi connectivity index (χ2n) is 7.41. The number of guanidine groups is 1. The number of aliphatic imine (C=N–C) groups is 1. The van der Waals surface area contributed by atoms with Crippen molar-refractivity contribution in [2.45, 2.75) is 31.6 Å². The molecule has 0 amide bonds. The molecular formula is C22H33N5O. The molecule has 1 aliphatic heterocycles. The number of benzene rings is 1. The summed E-state index contributed by atoms with van der Waals surface area (Å²) in [4.78, 5) is 6.82. The molecule has 0 radical (unpaired) electrons. The van der Waals surface area contributed by atoms with Crippen LogP contribution in [0.5, 0.6) is 0 Å². The molecule has 0 saturated carbocycles. The summed E-state index contributed by atoms with van der Waals surface area (Å²) in [6, 6.07) is 10.5. The molecule has 2 heterocycles. The quantitative estimate of drug-likeness (QED) is 0.411. The van der Waals surface area contributed by atoms with Crippen LogP contribution in [0, 0.1) is 0 Å². The van der Waals surface area contributed by atoms with Gasteiger partial charge in [0.05, 0.1) is 12.8 Å². The molecule has 1 aliphatic rings. The van der Waals surface area contributed by atoms with Gasteiger partial charge in [-0.15, -0.1) is 0 Å². The number of hydrogen-bond acceptors (Lipinski definition) is 3. The molecule has 1 saturated heterocycles. The maximum Gasteiger partial charge on any atom is 0.193 e. The van der Waals surface area contributed by atoms with Crippen molar-refractivity contribution in [2.24, 2.45) is 12.0 Å². The molecule has 6 heteroatoms. The Bertz CT molecular complexity index is 728. The topological polar surface area (TPSA) is 54.7 Å². The highest BCUT2D eigenvalue weighted by Gasteiger charge is 2.26. The molecule has 0 bridgehead atoms. The number of nitrogens with one attached hydrogen (secondary N) is 1. The van der Waals surface area contributed by atoms with Gasteiger partial charge in [-0.2, -0.15) is 5.10 Å². The number of hydrogen-bond donors (Lipinski definition) is 1. The first-order valence-corrected chi connectivity index (χ1v) is 10.3. The molecule has 1 fully saturated rings. The van der Waals surface area contributed by atoms with Crippen LogP contribution in [-0.2, 0) is 18.2 Å². The molecular weight excluding hydrogens is 350 g/mol. The van der Waals surface area contributed by atoms with Crippen LogP contribution in [0.3, 0.4) is 0 Å². The summed E-state index contributed by atoms with van der Waals surface area (Å²) in [5.41, 5.74) is 2.66. The zero-order valence-corrected chi connectivity index (χ0v) is 17.2. The van der Waals surface area contributed by atoms with Gasteiger partial charge in [-0.25, -0.2) is 0 Å². The van der Waals surface area contributed by atoms with E-state index >= 15 is 0 Å². The van der Waals surface area contributed by atoms with Crippen LogP contribution in [0.1, 0.15) is 36.3 Å². The molecule has 28 heavy (non-hydrogen) atoms. The van der Waals surface area contributed by atoms with Gasteiger partial charge < -0.3 is 15.0 Å². The predicted octanol–water partition coefficient (Wildman–Crippen LogP) is 2.82. The summed E-state index contributed by atoms with van der Waals surface area (Å²) in [7, 11) is 3.84. The van der Waals surface area contributed by atoms with Gasteiger partial charge >= 0.3 is 0 Å². The Morgan fingerprint density at radius 1 is 1.25 bits per heavy atom. The first-order chi connectivity index (χ1) is 13.8. The average Bonchev–Trinajstić information content (AvgIpc) is 3.37. The normalized spacial score (nSPS) is 17.3. The second-order valence-corrected chi connectivity index (χ2v) is 7.41. The van der Waals surface area contributed by atoms with Crippen molar-refractivity contribution in [1.29, 1.82) is 0 Å². The van der Waals surface area contributed by atoms with Gasteiger partial charge in [0.1, 0.15) is 0 Å². The van der Waals surface area contributed by atoms with E-state index in [1.54, 1.807) is 0 Å². The molecule has 1 atom stereocenters. The molecule has 1 aromatic heterocycles. The molecule has 0 aliphatic carbocycles. The van der Waals surface area contributed by atoms with E-state index in [4.69, 9.17) is 4.74 Å². The highest BCUT2D eigenvalue weighted by molar-refractivity contribution is 5.80. The highest BCUT2D eigenvalue weighted by atomic mass is 16.5. The minimum absolute atomic E-state index is 0.547. The maximum absolute atomic E-state index is 5.76. The van der Waals surface area contributed by atoms with Gasteiger partial charge in [-0.1, -0.05) is 30.3 Å². The number of unbranched alkanes of at least 4 members (excludes halogenated alkanes) is 1. The fourth-order valence-electron chi connectivity index (χ4n) is 3.67. The first-order valence-electron chi connectivity index (χ1n) is 10.3. The number of likely N-dealkylation sites (tertiary alicyclic amines) is 1. The number of nitrogens with zero attached hydrogens (tertiary/aromatic N) is 4. The van der Waals surface area contributed by atoms with Gasteiger partial charge in [0.2, 0.25) is 0 Å². The lowest BCUT2D eigenvalue weighted by Gasteiger charge is -2.21. The van der Waals surface area contributed by atoms with Crippen LogP contribution >= 0.6 is 0 Å². The zero-order valence-electron chi connectivity index (χ0n) is 17.2. The monoisotopic (exact) mass is 383 g/mol. The third-order valence-electron chi connectivity index (χ3n) is 5.27. The van der Waals surface area contributed by atoms with E-state index in [1.165, 1.54) is 11.1 Å². The summed E-state index contributed by atoms with van der Waals surface area (Å²) >= 11 is 0. The van der Waals surface area contributed by atoms with Crippen molar-refractivity contribution in [2.75, 3.05) is 39.9 Å². The summed E-state index contributed by atoms with van der Waals surface area (Å²) in [6.07, 6.45) is 8.41. The minimum Gasteiger partial charge on any atom is -0.381 e. The summed E-state index contributed by atoms with van der Waals surface area (Å²) < 4.78 is 7.64. The van der Waals surface area contributed by atoms with Gasteiger partial charge in [0.25, 0.3) is 0 Å². The van der Waals surface area contributed by atoms with Crippen LogP contribution < -0.4 is 5.32 Å². The zero-order chi connectivity index (χ0) is 19.6. The second kappa shape index (κ2) is 10.9.